The number of nitrogens with zero attached hydrogens (tertiary/aromatic N) is 2. The normalized spacial score (nSPS) is 11.3. The summed E-state index contributed by atoms with van der Waals surface area (Å²) in [6.45, 7) is 8.62. The summed E-state index contributed by atoms with van der Waals surface area (Å²) in [5.41, 5.74) is 5.99. The number of benzene rings is 2. The molecule has 0 saturated heterocycles. The van der Waals surface area contributed by atoms with Gasteiger partial charge in [0.1, 0.15) is 10.7 Å². The van der Waals surface area contributed by atoms with Gasteiger partial charge < -0.3 is 10.3 Å². The molecular formula is C26H28N4O2S. The second-order valence-corrected chi connectivity index (χ2v) is 9.76. The van der Waals surface area contributed by atoms with E-state index in [-0.39, 0.29) is 18.0 Å². The first-order valence-electron chi connectivity index (χ1n) is 10.9. The molecule has 170 valence electrons. The molecule has 0 aliphatic rings. The van der Waals surface area contributed by atoms with Crippen LogP contribution in [0.1, 0.15) is 27.4 Å². The van der Waals surface area contributed by atoms with Gasteiger partial charge in [0.15, 0.2) is 0 Å². The van der Waals surface area contributed by atoms with E-state index in [1.54, 1.807) is 0 Å². The van der Waals surface area contributed by atoms with Crippen molar-refractivity contribution in [3.05, 3.63) is 80.2 Å². The molecule has 0 spiro atoms. The van der Waals surface area contributed by atoms with Gasteiger partial charge in [-0.15, -0.1) is 11.3 Å². The van der Waals surface area contributed by atoms with Crippen LogP contribution in [0.4, 0.5) is 5.69 Å². The number of H-pyrrole nitrogens is 1. The molecule has 0 unspecified atom stereocenters. The lowest BCUT2D eigenvalue weighted by molar-refractivity contribution is -0.117. The van der Waals surface area contributed by atoms with Crippen LogP contribution in [-0.4, -0.2) is 34.4 Å². The number of aromatic amines is 1. The van der Waals surface area contributed by atoms with Crippen LogP contribution in [0.3, 0.4) is 0 Å². The molecule has 2 aromatic carbocycles. The number of rotatable bonds is 6. The fraction of sp³-hybridized carbons (Fsp3) is 0.269. The van der Waals surface area contributed by atoms with E-state index < -0.39 is 0 Å². The van der Waals surface area contributed by atoms with Gasteiger partial charge in [0.25, 0.3) is 5.56 Å². The van der Waals surface area contributed by atoms with Crippen LogP contribution < -0.4 is 10.9 Å². The molecule has 0 fully saturated rings. The summed E-state index contributed by atoms with van der Waals surface area (Å²) in [7, 11) is 1.84. The fourth-order valence-corrected chi connectivity index (χ4v) is 5.00. The quantitative estimate of drug-likeness (QED) is 0.427. The van der Waals surface area contributed by atoms with Crippen molar-refractivity contribution in [3.63, 3.8) is 0 Å². The SMILES string of the molecule is Cc1ccc(-c2c(C)sc3nc(CN(C)CC(=O)Nc4cccc(C)c4C)[nH]c(=O)c23)cc1. The van der Waals surface area contributed by atoms with Crippen molar-refractivity contribution in [2.45, 2.75) is 34.2 Å². The summed E-state index contributed by atoms with van der Waals surface area (Å²) in [4.78, 5) is 36.8. The van der Waals surface area contributed by atoms with Crippen LogP contribution >= 0.6 is 11.3 Å². The van der Waals surface area contributed by atoms with E-state index in [1.807, 2.05) is 82.1 Å². The Morgan fingerprint density at radius 3 is 2.55 bits per heavy atom. The Morgan fingerprint density at radius 2 is 1.82 bits per heavy atom. The number of likely N-dealkylation sites (N-methyl/N-ethyl adjacent to an activating group) is 1. The highest BCUT2D eigenvalue weighted by atomic mass is 32.1. The maximum atomic E-state index is 13.0. The van der Waals surface area contributed by atoms with Gasteiger partial charge in [0.05, 0.1) is 18.5 Å². The molecule has 0 radical (unpaired) electrons. The average molecular weight is 461 g/mol. The molecule has 0 aliphatic carbocycles. The minimum atomic E-state index is -0.150. The molecule has 0 bridgehead atoms. The van der Waals surface area contributed by atoms with Crippen molar-refractivity contribution >= 4 is 33.1 Å². The second kappa shape index (κ2) is 9.29. The third kappa shape index (κ3) is 4.89. The molecule has 4 rings (SSSR count). The third-order valence-electron chi connectivity index (χ3n) is 5.84. The highest BCUT2D eigenvalue weighted by Crippen LogP contribution is 2.35. The molecular weight excluding hydrogens is 432 g/mol. The van der Waals surface area contributed by atoms with Crippen molar-refractivity contribution in [1.82, 2.24) is 14.9 Å². The van der Waals surface area contributed by atoms with Gasteiger partial charge in [-0.05, 0) is 57.5 Å². The van der Waals surface area contributed by atoms with E-state index in [1.165, 1.54) is 16.9 Å². The number of aromatic nitrogens is 2. The largest absolute Gasteiger partial charge is 0.325 e. The van der Waals surface area contributed by atoms with E-state index in [4.69, 9.17) is 4.98 Å². The lowest BCUT2D eigenvalue weighted by Crippen LogP contribution is -2.31. The summed E-state index contributed by atoms with van der Waals surface area (Å²) in [5, 5.41) is 3.60. The van der Waals surface area contributed by atoms with E-state index in [9.17, 15) is 9.59 Å². The number of carbonyl (C=O) groups excluding carboxylic acids is 1. The number of aryl methyl sites for hydroxylation is 3. The molecule has 33 heavy (non-hydrogen) atoms. The number of hydrogen-bond acceptors (Lipinski definition) is 5. The first kappa shape index (κ1) is 22.9. The van der Waals surface area contributed by atoms with Crippen LogP contribution in [0.25, 0.3) is 21.3 Å². The number of nitrogens with one attached hydrogen (secondary N) is 2. The number of thiophene rings is 1. The molecule has 2 N–H and O–H groups in total. The minimum absolute atomic E-state index is 0.108. The Morgan fingerprint density at radius 1 is 1.09 bits per heavy atom. The van der Waals surface area contributed by atoms with E-state index in [0.29, 0.717) is 17.8 Å². The maximum Gasteiger partial charge on any atom is 0.260 e. The number of amides is 1. The Kier molecular flexibility index (Phi) is 6.44. The third-order valence-corrected chi connectivity index (χ3v) is 6.84. The Labute approximate surface area is 197 Å². The zero-order valence-electron chi connectivity index (χ0n) is 19.6. The molecule has 0 atom stereocenters. The van der Waals surface area contributed by atoms with Gasteiger partial charge in [0.2, 0.25) is 5.91 Å². The van der Waals surface area contributed by atoms with Crippen LogP contribution in [-0.2, 0) is 11.3 Å². The monoisotopic (exact) mass is 460 g/mol. The predicted molar refractivity (Wildman–Crippen MR) is 136 cm³/mol. The van der Waals surface area contributed by atoms with Gasteiger partial charge in [-0.25, -0.2) is 4.98 Å². The molecule has 0 aliphatic heterocycles. The van der Waals surface area contributed by atoms with Gasteiger partial charge >= 0.3 is 0 Å². The highest BCUT2D eigenvalue weighted by molar-refractivity contribution is 7.19. The smallest absolute Gasteiger partial charge is 0.260 e. The van der Waals surface area contributed by atoms with Gasteiger partial charge in [0, 0.05) is 16.1 Å². The van der Waals surface area contributed by atoms with E-state index >= 15 is 0 Å². The molecule has 1 amide bonds. The van der Waals surface area contributed by atoms with Crippen molar-refractivity contribution in [1.29, 1.82) is 0 Å². The fourth-order valence-electron chi connectivity index (χ4n) is 3.94. The molecule has 2 heterocycles. The Hall–Kier alpha value is -3.29. The first-order chi connectivity index (χ1) is 15.7. The Balaban J connectivity index is 1.52. The number of fused-ring (bicyclic) bond motifs is 1. The number of carbonyl (C=O) groups is 1. The van der Waals surface area contributed by atoms with E-state index in [0.717, 1.165) is 37.6 Å². The van der Waals surface area contributed by atoms with Crippen molar-refractivity contribution in [2.24, 2.45) is 0 Å². The molecule has 0 saturated carbocycles. The van der Waals surface area contributed by atoms with Crippen LogP contribution in [0.15, 0.2) is 47.3 Å². The summed E-state index contributed by atoms with van der Waals surface area (Å²) in [5.74, 6) is 0.439. The zero-order valence-corrected chi connectivity index (χ0v) is 20.4. The summed E-state index contributed by atoms with van der Waals surface area (Å²) < 4.78 is 0. The second-order valence-electron chi connectivity index (χ2n) is 8.56. The molecule has 7 heteroatoms. The topological polar surface area (TPSA) is 78.1 Å². The lowest BCUT2D eigenvalue weighted by Gasteiger charge is -2.17. The zero-order chi connectivity index (χ0) is 23.7. The standard InChI is InChI=1S/C26H28N4O2S/c1-15-9-11-19(12-10-15)23-18(4)33-26-24(23)25(32)28-21(29-26)13-30(5)14-22(31)27-20-8-6-7-16(2)17(20)3/h6-12H,13-14H2,1-5H3,(H,27,31)(H,28,29,32). The van der Waals surface area contributed by atoms with Gasteiger partial charge in [-0.1, -0.05) is 42.0 Å². The highest BCUT2D eigenvalue weighted by Gasteiger charge is 2.18. The average Bonchev–Trinajstić information content (AvgIpc) is 3.08. The number of anilines is 1. The van der Waals surface area contributed by atoms with Crippen molar-refractivity contribution < 1.29 is 4.79 Å². The van der Waals surface area contributed by atoms with Crippen molar-refractivity contribution in [3.8, 4) is 11.1 Å². The first-order valence-corrected chi connectivity index (χ1v) is 11.7. The lowest BCUT2D eigenvalue weighted by atomic mass is 10.0. The maximum absolute atomic E-state index is 13.0. The minimum Gasteiger partial charge on any atom is -0.325 e. The van der Waals surface area contributed by atoms with E-state index in [2.05, 4.69) is 10.3 Å². The van der Waals surface area contributed by atoms with Gasteiger partial charge in [-0.3, -0.25) is 14.5 Å². The van der Waals surface area contributed by atoms with Crippen molar-refractivity contribution in [2.75, 3.05) is 18.9 Å². The predicted octanol–water partition coefficient (Wildman–Crippen LogP) is 4.96. The van der Waals surface area contributed by atoms with Crippen LogP contribution in [0.5, 0.6) is 0 Å². The molecule has 2 aromatic heterocycles. The Bertz CT molecular complexity index is 1390. The van der Waals surface area contributed by atoms with Crippen LogP contribution in [0, 0.1) is 27.7 Å². The number of hydrogen-bond donors (Lipinski definition) is 2. The summed E-state index contributed by atoms with van der Waals surface area (Å²) in [6.07, 6.45) is 0. The molecule has 6 nitrogen and oxygen atoms in total. The summed E-state index contributed by atoms with van der Waals surface area (Å²) in [6, 6.07) is 14.0. The van der Waals surface area contributed by atoms with Gasteiger partial charge in [-0.2, -0.15) is 0 Å². The van der Waals surface area contributed by atoms with Crippen LogP contribution in [0.2, 0.25) is 0 Å². The summed E-state index contributed by atoms with van der Waals surface area (Å²) >= 11 is 1.52. The molecule has 4 aromatic rings.